The van der Waals surface area contributed by atoms with Crippen molar-refractivity contribution < 1.29 is 18.6 Å². The Morgan fingerprint density at radius 3 is 2.39 bits per heavy atom. The number of fused-ring (bicyclic) bond motifs is 2. The van der Waals surface area contributed by atoms with Crippen LogP contribution in [0.5, 0.6) is 11.6 Å². The fraction of sp³-hybridized carbons (Fsp3) is 0.462. The average molecular weight is 497 g/mol. The van der Waals surface area contributed by atoms with Crippen molar-refractivity contribution in [3.8, 4) is 34.1 Å². The van der Waals surface area contributed by atoms with Gasteiger partial charge in [0.25, 0.3) is 0 Å². The summed E-state index contributed by atoms with van der Waals surface area (Å²) in [5.74, 6) is -2.03. The molecule has 5 rings (SSSR count). The van der Waals surface area contributed by atoms with Crippen LogP contribution in [0.25, 0.3) is 22.5 Å². The largest absolute Gasteiger partial charge is 0.507 e. The number of nitrogens with zero attached hydrogens (tertiary/aromatic N) is 5. The molecule has 2 aliphatic heterocycles. The van der Waals surface area contributed by atoms with E-state index < -0.39 is 17.4 Å². The van der Waals surface area contributed by atoms with Crippen molar-refractivity contribution in [1.82, 2.24) is 25.5 Å². The molecule has 4 heterocycles. The molecule has 0 saturated carbocycles. The van der Waals surface area contributed by atoms with Gasteiger partial charge >= 0.3 is 0 Å². The van der Waals surface area contributed by atoms with E-state index in [0.717, 1.165) is 31.7 Å². The highest BCUT2D eigenvalue weighted by atomic mass is 19.2. The van der Waals surface area contributed by atoms with Gasteiger partial charge in [0.05, 0.1) is 24.1 Å². The lowest BCUT2D eigenvalue weighted by atomic mass is 9.69. The van der Waals surface area contributed by atoms with Crippen molar-refractivity contribution >= 4 is 5.82 Å². The summed E-state index contributed by atoms with van der Waals surface area (Å²) in [5, 5.41) is 22.9. The number of hydrogen-bond donors (Lipinski definition) is 2. The Kier molecular flexibility index (Phi) is 6.02. The normalized spacial score (nSPS) is 25.4. The number of halogens is 2. The summed E-state index contributed by atoms with van der Waals surface area (Å²) >= 11 is 0. The molecule has 8 nitrogen and oxygen atoms in total. The maximum absolute atomic E-state index is 15.1. The van der Waals surface area contributed by atoms with Gasteiger partial charge in [-0.05, 0) is 64.2 Å². The van der Waals surface area contributed by atoms with Crippen LogP contribution in [0.4, 0.5) is 14.6 Å². The summed E-state index contributed by atoms with van der Waals surface area (Å²) < 4.78 is 35.2. The number of phenols is 1. The number of piperidine rings is 2. The van der Waals surface area contributed by atoms with Crippen molar-refractivity contribution in [2.75, 3.05) is 19.1 Å². The number of phenolic OH excluding ortho intramolecular Hbond substituents is 1. The number of ether oxygens (including phenoxy) is 1. The third-order valence-corrected chi connectivity index (χ3v) is 7.56. The second kappa shape index (κ2) is 8.92. The van der Waals surface area contributed by atoms with Gasteiger partial charge in [0.1, 0.15) is 12.1 Å². The Bertz CT molecular complexity index is 1270. The number of anilines is 1. The van der Waals surface area contributed by atoms with Gasteiger partial charge in [0.2, 0.25) is 5.88 Å². The molecule has 0 amide bonds. The highest BCUT2D eigenvalue weighted by molar-refractivity contribution is 5.74. The number of hydrogen-bond acceptors (Lipinski definition) is 8. The second-order valence-electron chi connectivity index (χ2n) is 10.4. The highest BCUT2D eigenvalue weighted by Crippen LogP contribution is 2.42. The number of nitrogens with one attached hydrogen (secondary N) is 1. The van der Waals surface area contributed by atoms with E-state index in [9.17, 15) is 5.11 Å². The first-order valence-corrected chi connectivity index (χ1v) is 12.0. The zero-order chi connectivity index (χ0) is 25.7. The van der Waals surface area contributed by atoms with Gasteiger partial charge in [-0.3, -0.25) is 0 Å². The lowest BCUT2D eigenvalue weighted by Gasteiger charge is -2.55. The minimum atomic E-state index is -1.23. The second-order valence-corrected chi connectivity index (χ2v) is 10.4. The van der Waals surface area contributed by atoms with E-state index in [1.165, 1.54) is 25.9 Å². The maximum Gasteiger partial charge on any atom is 0.216 e. The van der Waals surface area contributed by atoms with E-state index in [4.69, 9.17) is 4.74 Å². The molecule has 0 radical (unpaired) electrons. The summed E-state index contributed by atoms with van der Waals surface area (Å²) in [6.07, 6.45) is 6.64. The van der Waals surface area contributed by atoms with Gasteiger partial charge in [-0.1, -0.05) is 0 Å². The summed E-state index contributed by atoms with van der Waals surface area (Å²) in [6.45, 7) is 4.56. The molecule has 2 bridgehead atoms. The molecule has 190 valence electrons. The van der Waals surface area contributed by atoms with Crippen LogP contribution in [0.3, 0.4) is 0 Å². The van der Waals surface area contributed by atoms with Gasteiger partial charge < -0.3 is 20.1 Å². The zero-order valence-corrected chi connectivity index (χ0v) is 20.8. The monoisotopic (exact) mass is 496 g/mol. The molecular formula is C26H30F2N6O2. The molecule has 2 aliphatic rings. The lowest BCUT2D eigenvalue weighted by Crippen LogP contribution is -2.66. The van der Waals surface area contributed by atoms with E-state index in [0.29, 0.717) is 5.82 Å². The first-order chi connectivity index (χ1) is 17.1. The topological polar surface area (TPSA) is 96.3 Å². The molecule has 3 aromatic rings. The van der Waals surface area contributed by atoms with Crippen molar-refractivity contribution in [3.63, 3.8) is 0 Å². The average Bonchev–Trinajstić information content (AvgIpc) is 2.85. The number of benzene rings is 1. The third kappa shape index (κ3) is 4.34. The Morgan fingerprint density at radius 2 is 1.75 bits per heavy atom. The SMILES string of the molecule is COc1cc(-c2cc(O)c(-c3ccc(N(C)C4C[C@]5(C)CCC[C@](C)(C4)N5)nn3)c(F)c2F)ncn1. The van der Waals surface area contributed by atoms with Crippen LogP contribution in [-0.2, 0) is 0 Å². The Hall–Kier alpha value is -3.40. The molecule has 0 aliphatic carbocycles. The minimum Gasteiger partial charge on any atom is -0.507 e. The number of aromatic hydroxyl groups is 1. The summed E-state index contributed by atoms with van der Waals surface area (Å²) in [6, 6.07) is 6.03. The van der Waals surface area contributed by atoms with E-state index in [1.807, 2.05) is 7.05 Å². The summed E-state index contributed by atoms with van der Waals surface area (Å²) in [5.41, 5.74) is -0.280. The predicted octanol–water partition coefficient (Wildman–Crippen LogP) is 4.48. The molecule has 2 saturated heterocycles. The van der Waals surface area contributed by atoms with Gasteiger partial charge in [-0.15, -0.1) is 10.2 Å². The van der Waals surface area contributed by atoms with Crippen molar-refractivity contribution in [2.45, 2.75) is 63.1 Å². The molecule has 1 unspecified atom stereocenters. The smallest absolute Gasteiger partial charge is 0.216 e. The van der Waals surface area contributed by atoms with Crippen LogP contribution in [0.2, 0.25) is 0 Å². The number of rotatable bonds is 5. The Balaban J connectivity index is 1.42. The summed E-state index contributed by atoms with van der Waals surface area (Å²) in [4.78, 5) is 9.94. The van der Waals surface area contributed by atoms with Gasteiger partial charge in [0.15, 0.2) is 17.5 Å². The standard InChI is InChI=1S/C26H30F2N6O2/c1-25-8-5-9-26(2,33-25)13-15(12-25)34(3)20-7-6-17(31-32-20)22-19(35)10-16(23(27)24(22)28)18-11-21(36-4)30-14-29-18/h6-7,10-11,14-15,33,35H,5,8-9,12-13H2,1-4H3/t15?,25-,26+. The van der Waals surface area contributed by atoms with E-state index >= 15 is 8.78 Å². The van der Waals surface area contributed by atoms with Gasteiger partial charge in [-0.25, -0.2) is 18.7 Å². The Labute approximate surface area is 208 Å². The highest BCUT2D eigenvalue weighted by Gasteiger charge is 2.46. The zero-order valence-electron chi connectivity index (χ0n) is 20.8. The first kappa shape index (κ1) is 24.3. The number of aromatic nitrogens is 4. The van der Waals surface area contributed by atoms with Crippen LogP contribution in [0, 0.1) is 11.6 Å². The van der Waals surface area contributed by atoms with Crippen LogP contribution >= 0.6 is 0 Å². The molecule has 0 spiro atoms. The Morgan fingerprint density at radius 1 is 1.03 bits per heavy atom. The van der Waals surface area contributed by atoms with Crippen molar-refractivity contribution in [3.05, 3.63) is 42.2 Å². The lowest BCUT2D eigenvalue weighted by molar-refractivity contribution is 0.0784. The van der Waals surface area contributed by atoms with Gasteiger partial charge in [-0.2, -0.15) is 0 Å². The molecule has 2 fully saturated rings. The van der Waals surface area contributed by atoms with E-state index in [2.05, 4.69) is 44.2 Å². The molecule has 1 aromatic carbocycles. The summed E-state index contributed by atoms with van der Waals surface area (Å²) in [7, 11) is 3.39. The van der Waals surface area contributed by atoms with Crippen LogP contribution in [0.1, 0.15) is 46.0 Å². The number of methoxy groups -OCH3 is 1. The molecule has 36 heavy (non-hydrogen) atoms. The minimum absolute atomic E-state index is 0.0361. The predicted molar refractivity (Wildman–Crippen MR) is 132 cm³/mol. The maximum atomic E-state index is 15.1. The van der Waals surface area contributed by atoms with Crippen LogP contribution < -0.4 is 15.0 Å². The molecule has 2 aromatic heterocycles. The van der Waals surface area contributed by atoms with Crippen molar-refractivity contribution in [2.24, 2.45) is 0 Å². The van der Waals surface area contributed by atoms with E-state index in [-0.39, 0.29) is 45.5 Å². The van der Waals surface area contributed by atoms with E-state index in [1.54, 1.807) is 12.1 Å². The molecular weight excluding hydrogens is 466 g/mol. The molecule has 10 heteroatoms. The van der Waals surface area contributed by atoms with Crippen LogP contribution in [0.15, 0.2) is 30.6 Å². The fourth-order valence-corrected chi connectivity index (χ4v) is 5.89. The van der Waals surface area contributed by atoms with Gasteiger partial charge in [0, 0.05) is 35.8 Å². The first-order valence-electron chi connectivity index (χ1n) is 12.0. The molecule has 3 atom stereocenters. The quantitative estimate of drug-likeness (QED) is 0.534. The van der Waals surface area contributed by atoms with Crippen molar-refractivity contribution in [1.29, 1.82) is 0 Å². The van der Waals surface area contributed by atoms with Crippen LogP contribution in [-0.4, -0.2) is 56.5 Å². The molecule has 2 N–H and O–H groups in total. The third-order valence-electron chi connectivity index (χ3n) is 7.56. The fourth-order valence-electron chi connectivity index (χ4n) is 5.89.